The van der Waals surface area contributed by atoms with Crippen LogP contribution in [-0.2, 0) is 19.1 Å². The summed E-state index contributed by atoms with van der Waals surface area (Å²) in [4.78, 5) is 11.3. The van der Waals surface area contributed by atoms with Gasteiger partial charge in [-0.25, -0.2) is 4.98 Å². The topological polar surface area (TPSA) is 22.6 Å². The van der Waals surface area contributed by atoms with Crippen LogP contribution >= 0.6 is 0 Å². The van der Waals surface area contributed by atoms with Gasteiger partial charge >= 0.3 is 6.18 Å². The zero-order valence-corrected chi connectivity index (χ0v) is 17.9. The van der Waals surface area contributed by atoms with E-state index < -0.39 is 11.7 Å². The average molecular weight is 431 g/mol. The van der Waals surface area contributed by atoms with Crippen LogP contribution in [0.4, 0.5) is 24.7 Å². The van der Waals surface area contributed by atoms with E-state index in [1.54, 1.807) is 0 Å². The summed E-state index contributed by atoms with van der Waals surface area (Å²) >= 11 is 0. The fraction of sp³-hybridized carbons (Fsp3) is 0.542. The molecule has 0 spiro atoms. The molecule has 166 valence electrons. The van der Waals surface area contributed by atoms with E-state index in [9.17, 15) is 13.2 Å². The molecule has 0 aliphatic carbocycles. The van der Waals surface area contributed by atoms with Gasteiger partial charge in [-0.1, -0.05) is 6.07 Å². The molecule has 4 nitrogen and oxygen atoms in total. The minimum atomic E-state index is -4.35. The number of hydrogen-bond donors (Lipinski definition) is 0. The minimum absolute atomic E-state index is 0.602. The Bertz CT molecular complexity index is 927. The monoisotopic (exact) mass is 430 g/mol. The highest BCUT2D eigenvalue weighted by Gasteiger charge is 2.33. The normalized spacial score (nSPS) is 24.6. The standard InChI is InChI=1S/C24H29F3N4/c1-17-3-2-10-31(17)22-9-12-29(16-22)21-6-4-19-15-30(11-8-18(19)13-21)23-7-5-20(14-28-23)24(25,26)27/h4-7,13-14,17,22H,2-3,8-12,15-16H2,1H3/t17-,22-/m0/s1. The number of aromatic nitrogens is 1. The van der Waals surface area contributed by atoms with Crippen molar-refractivity contribution < 1.29 is 13.2 Å². The third kappa shape index (κ3) is 4.12. The second-order valence-corrected chi connectivity index (χ2v) is 9.14. The summed E-state index contributed by atoms with van der Waals surface area (Å²) in [5, 5.41) is 0. The minimum Gasteiger partial charge on any atom is -0.370 e. The van der Waals surface area contributed by atoms with E-state index in [-0.39, 0.29) is 0 Å². The van der Waals surface area contributed by atoms with E-state index in [1.165, 1.54) is 48.7 Å². The van der Waals surface area contributed by atoms with Crippen molar-refractivity contribution in [2.75, 3.05) is 36.0 Å². The van der Waals surface area contributed by atoms with Crippen molar-refractivity contribution in [3.05, 3.63) is 53.2 Å². The van der Waals surface area contributed by atoms with Crippen LogP contribution in [0, 0.1) is 0 Å². The number of nitrogens with zero attached hydrogens (tertiary/aromatic N) is 4. The van der Waals surface area contributed by atoms with Crippen LogP contribution in [-0.4, -0.2) is 48.1 Å². The van der Waals surface area contributed by atoms with Gasteiger partial charge < -0.3 is 9.80 Å². The van der Waals surface area contributed by atoms with Crippen molar-refractivity contribution in [2.45, 2.75) is 57.4 Å². The van der Waals surface area contributed by atoms with Crippen molar-refractivity contribution in [1.82, 2.24) is 9.88 Å². The van der Waals surface area contributed by atoms with Gasteiger partial charge in [0.05, 0.1) is 5.56 Å². The maximum Gasteiger partial charge on any atom is 0.417 e. The molecule has 2 saturated heterocycles. The molecule has 0 unspecified atom stereocenters. The Morgan fingerprint density at radius 3 is 2.55 bits per heavy atom. The molecular weight excluding hydrogens is 401 g/mol. The van der Waals surface area contributed by atoms with Crippen molar-refractivity contribution in [3.63, 3.8) is 0 Å². The Balaban J connectivity index is 1.26. The van der Waals surface area contributed by atoms with E-state index in [0.717, 1.165) is 38.3 Å². The first-order chi connectivity index (χ1) is 14.9. The predicted molar refractivity (Wildman–Crippen MR) is 116 cm³/mol. The lowest BCUT2D eigenvalue weighted by molar-refractivity contribution is -0.137. The Morgan fingerprint density at radius 2 is 1.84 bits per heavy atom. The SMILES string of the molecule is C[C@H]1CCCN1[C@H]1CCN(c2ccc3c(c2)CCN(c2ccc(C(F)(F)F)cn2)C3)C1. The number of hydrogen-bond acceptors (Lipinski definition) is 4. The van der Waals surface area contributed by atoms with Crippen LogP contribution in [0.2, 0.25) is 0 Å². The Hall–Kier alpha value is -2.28. The Labute approximate surface area is 181 Å². The molecule has 31 heavy (non-hydrogen) atoms. The van der Waals surface area contributed by atoms with E-state index in [1.807, 2.05) is 0 Å². The fourth-order valence-corrected chi connectivity index (χ4v) is 5.42. The summed E-state index contributed by atoms with van der Waals surface area (Å²) in [6, 6.07) is 10.7. The molecule has 0 saturated carbocycles. The maximum absolute atomic E-state index is 12.8. The highest BCUT2D eigenvalue weighted by Crippen LogP contribution is 2.33. The molecule has 0 amide bonds. The molecule has 1 aromatic heterocycles. The third-order valence-corrected chi connectivity index (χ3v) is 7.20. The van der Waals surface area contributed by atoms with Gasteiger partial charge in [-0.05, 0) is 74.5 Å². The number of fused-ring (bicyclic) bond motifs is 1. The second kappa shape index (κ2) is 8.01. The Kier molecular flexibility index (Phi) is 5.32. The molecule has 2 fully saturated rings. The molecule has 3 aliphatic heterocycles. The lowest BCUT2D eigenvalue weighted by Gasteiger charge is -2.31. The molecule has 7 heteroatoms. The molecule has 5 rings (SSSR count). The molecule has 0 N–H and O–H groups in total. The molecule has 0 bridgehead atoms. The predicted octanol–water partition coefficient (Wildman–Crippen LogP) is 4.73. The van der Waals surface area contributed by atoms with Crippen LogP contribution in [0.25, 0.3) is 0 Å². The summed E-state index contributed by atoms with van der Waals surface area (Å²) in [7, 11) is 0. The molecular formula is C24H29F3N4. The number of pyridine rings is 1. The first-order valence-corrected chi connectivity index (χ1v) is 11.3. The van der Waals surface area contributed by atoms with Crippen molar-refractivity contribution in [3.8, 4) is 0 Å². The van der Waals surface area contributed by atoms with Crippen molar-refractivity contribution in [1.29, 1.82) is 0 Å². The number of halogens is 3. The van der Waals surface area contributed by atoms with Gasteiger partial charge in [-0.2, -0.15) is 13.2 Å². The quantitative estimate of drug-likeness (QED) is 0.702. The van der Waals surface area contributed by atoms with Crippen LogP contribution in [0.5, 0.6) is 0 Å². The number of alkyl halides is 3. The molecule has 0 radical (unpaired) electrons. The first kappa shape index (κ1) is 20.6. The largest absolute Gasteiger partial charge is 0.417 e. The number of likely N-dealkylation sites (tertiary alicyclic amines) is 1. The first-order valence-electron chi connectivity index (χ1n) is 11.3. The lowest BCUT2D eigenvalue weighted by Crippen LogP contribution is -2.39. The van der Waals surface area contributed by atoms with E-state index in [2.05, 4.69) is 44.8 Å². The second-order valence-electron chi connectivity index (χ2n) is 9.14. The van der Waals surface area contributed by atoms with Crippen LogP contribution < -0.4 is 9.80 Å². The summed E-state index contributed by atoms with van der Waals surface area (Å²) in [6.07, 6.45) is 1.33. The van der Waals surface area contributed by atoms with Gasteiger partial charge in [0.2, 0.25) is 0 Å². The molecule has 1 aromatic carbocycles. The number of rotatable bonds is 3. The molecule has 3 aliphatic rings. The van der Waals surface area contributed by atoms with Gasteiger partial charge in [0, 0.05) is 50.1 Å². The smallest absolute Gasteiger partial charge is 0.370 e. The molecule has 4 heterocycles. The van der Waals surface area contributed by atoms with Gasteiger partial charge in [0.1, 0.15) is 5.82 Å². The Morgan fingerprint density at radius 1 is 0.968 bits per heavy atom. The van der Waals surface area contributed by atoms with E-state index in [4.69, 9.17) is 0 Å². The zero-order chi connectivity index (χ0) is 21.6. The molecule has 2 aromatic rings. The third-order valence-electron chi connectivity index (χ3n) is 7.20. The average Bonchev–Trinajstić information content (AvgIpc) is 3.41. The fourth-order valence-electron chi connectivity index (χ4n) is 5.42. The van der Waals surface area contributed by atoms with E-state index >= 15 is 0 Å². The summed E-state index contributed by atoms with van der Waals surface area (Å²) in [5.74, 6) is 0.602. The van der Waals surface area contributed by atoms with E-state index in [0.29, 0.717) is 24.4 Å². The highest BCUT2D eigenvalue weighted by atomic mass is 19.4. The van der Waals surface area contributed by atoms with Crippen LogP contribution in [0.1, 0.15) is 42.9 Å². The summed E-state index contributed by atoms with van der Waals surface area (Å²) < 4.78 is 38.4. The van der Waals surface area contributed by atoms with Gasteiger partial charge in [-0.3, -0.25) is 4.90 Å². The van der Waals surface area contributed by atoms with Gasteiger partial charge in [-0.15, -0.1) is 0 Å². The van der Waals surface area contributed by atoms with Crippen molar-refractivity contribution >= 4 is 11.5 Å². The zero-order valence-electron chi connectivity index (χ0n) is 17.9. The van der Waals surface area contributed by atoms with Gasteiger partial charge in [0.25, 0.3) is 0 Å². The number of anilines is 2. The highest BCUT2D eigenvalue weighted by molar-refractivity contribution is 5.54. The summed E-state index contributed by atoms with van der Waals surface area (Å²) in [6.45, 7) is 7.24. The van der Waals surface area contributed by atoms with Crippen molar-refractivity contribution in [2.24, 2.45) is 0 Å². The molecule has 2 atom stereocenters. The van der Waals surface area contributed by atoms with Gasteiger partial charge in [0.15, 0.2) is 0 Å². The maximum atomic E-state index is 12.8. The van der Waals surface area contributed by atoms with Crippen LogP contribution in [0.15, 0.2) is 36.5 Å². The summed E-state index contributed by atoms with van der Waals surface area (Å²) in [5.41, 5.74) is 3.18. The number of benzene rings is 1. The lowest BCUT2D eigenvalue weighted by atomic mass is 9.98. The van der Waals surface area contributed by atoms with Crippen LogP contribution in [0.3, 0.4) is 0 Å².